The second kappa shape index (κ2) is 5.38. The second-order valence-electron chi connectivity index (χ2n) is 3.81. The molecule has 0 saturated carbocycles. The van der Waals surface area contributed by atoms with Crippen LogP contribution >= 0.6 is 22.9 Å². The third-order valence-corrected chi connectivity index (χ3v) is 3.74. The van der Waals surface area contributed by atoms with E-state index in [1.807, 2.05) is 25.1 Å². The molecule has 0 atom stereocenters. The van der Waals surface area contributed by atoms with Crippen LogP contribution in [0.5, 0.6) is 0 Å². The Kier molecular flexibility index (Phi) is 3.86. The summed E-state index contributed by atoms with van der Waals surface area (Å²) in [5.74, 6) is 0.816. The second-order valence-corrected chi connectivity index (χ2v) is 5.61. The van der Waals surface area contributed by atoms with Gasteiger partial charge in [0, 0.05) is 29.4 Å². The maximum absolute atomic E-state index is 5.86. The molecule has 3 N–H and O–H groups in total. The van der Waals surface area contributed by atoms with Crippen molar-refractivity contribution < 1.29 is 0 Å². The van der Waals surface area contributed by atoms with E-state index in [4.69, 9.17) is 17.3 Å². The van der Waals surface area contributed by atoms with Gasteiger partial charge in [-0.25, -0.2) is 4.98 Å². The van der Waals surface area contributed by atoms with Crippen LogP contribution in [0, 0.1) is 6.92 Å². The molecule has 0 aliphatic heterocycles. The molecule has 90 valence electrons. The molecule has 0 aliphatic carbocycles. The number of thiophene rings is 1. The molecule has 0 amide bonds. The Morgan fingerprint density at radius 2 is 2.29 bits per heavy atom. The molecule has 0 unspecified atom stereocenters. The maximum Gasteiger partial charge on any atom is 0.127 e. The monoisotopic (exact) mass is 267 g/mol. The van der Waals surface area contributed by atoms with Crippen LogP contribution in [0.4, 0.5) is 11.5 Å². The Bertz CT molecular complexity index is 510. The Morgan fingerprint density at radius 1 is 1.47 bits per heavy atom. The lowest BCUT2D eigenvalue weighted by Gasteiger charge is -2.06. The summed E-state index contributed by atoms with van der Waals surface area (Å²) in [6.45, 7) is 2.77. The Labute approximate surface area is 110 Å². The molecule has 0 spiro atoms. The van der Waals surface area contributed by atoms with Gasteiger partial charge in [-0.15, -0.1) is 11.3 Å². The van der Waals surface area contributed by atoms with E-state index >= 15 is 0 Å². The summed E-state index contributed by atoms with van der Waals surface area (Å²) >= 11 is 7.47. The third kappa shape index (κ3) is 3.35. The van der Waals surface area contributed by atoms with Crippen LogP contribution < -0.4 is 11.1 Å². The zero-order valence-corrected chi connectivity index (χ0v) is 11.1. The van der Waals surface area contributed by atoms with Crippen LogP contribution in [0.2, 0.25) is 4.34 Å². The van der Waals surface area contributed by atoms with Gasteiger partial charge in [0.25, 0.3) is 0 Å². The van der Waals surface area contributed by atoms with Gasteiger partial charge in [0.15, 0.2) is 0 Å². The SMILES string of the molecule is Cc1cnc(NCCc2ccc(Cl)s2)cc1N. The minimum atomic E-state index is 0.765. The van der Waals surface area contributed by atoms with E-state index in [0.717, 1.165) is 34.4 Å². The molecule has 17 heavy (non-hydrogen) atoms. The van der Waals surface area contributed by atoms with Crippen LogP contribution in [0.1, 0.15) is 10.4 Å². The molecule has 0 radical (unpaired) electrons. The number of hydrogen-bond acceptors (Lipinski definition) is 4. The van der Waals surface area contributed by atoms with Gasteiger partial charge in [-0.05, 0) is 31.0 Å². The Morgan fingerprint density at radius 3 is 2.94 bits per heavy atom. The third-order valence-electron chi connectivity index (χ3n) is 2.45. The zero-order valence-electron chi connectivity index (χ0n) is 9.53. The number of anilines is 2. The maximum atomic E-state index is 5.86. The summed E-state index contributed by atoms with van der Waals surface area (Å²) in [5.41, 5.74) is 7.58. The predicted molar refractivity (Wildman–Crippen MR) is 74.9 cm³/mol. The number of aromatic nitrogens is 1. The first-order chi connectivity index (χ1) is 8.15. The summed E-state index contributed by atoms with van der Waals surface area (Å²) in [6, 6.07) is 5.83. The number of nitrogens with two attached hydrogens (primary N) is 1. The van der Waals surface area contributed by atoms with Crippen molar-refractivity contribution in [3.63, 3.8) is 0 Å². The Hall–Kier alpha value is -1.26. The molecule has 0 aliphatic rings. The minimum Gasteiger partial charge on any atom is -0.398 e. The number of pyridine rings is 1. The largest absolute Gasteiger partial charge is 0.398 e. The number of hydrogen-bond donors (Lipinski definition) is 2. The molecule has 2 aromatic rings. The first-order valence-electron chi connectivity index (χ1n) is 5.35. The van der Waals surface area contributed by atoms with E-state index in [-0.39, 0.29) is 0 Å². The van der Waals surface area contributed by atoms with E-state index in [9.17, 15) is 0 Å². The van der Waals surface area contributed by atoms with Crippen molar-refractivity contribution in [2.24, 2.45) is 0 Å². The quantitative estimate of drug-likeness (QED) is 0.893. The molecule has 0 saturated heterocycles. The first kappa shape index (κ1) is 12.2. The number of nitrogens with zero attached hydrogens (tertiary/aromatic N) is 1. The number of nitrogen functional groups attached to an aromatic ring is 1. The highest BCUT2D eigenvalue weighted by atomic mass is 35.5. The molecule has 2 heterocycles. The van der Waals surface area contributed by atoms with Gasteiger partial charge < -0.3 is 11.1 Å². The Balaban J connectivity index is 1.87. The van der Waals surface area contributed by atoms with Gasteiger partial charge in [0.2, 0.25) is 0 Å². The molecule has 0 aromatic carbocycles. The fraction of sp³-hybridized carbons (Fsp3) is 0.250. The molecule has 3 nitrogen and oxygen atoms in total. The smallest absolute Gasteiger partial charge is 0.127 e. The normalized spacial score (nSPS) is 10.5. The van der Waals surface area contributed by atoms with Crippen molar-refractivity contribution in [2.45, 2.75) is 13.3 Å². The van der Waals surface area contributed by atoms with Crippen LogP contribution in [0.3, 0.4) is 0 Å². The highest BCUT2D eigenvalue weighted by Crippen LogP contribution is 2.21. The van der Waals surface area contributed by atoms with Crippen LogP contribution in [0.25, 0.3) is 0 Å². The number of aryl methyl sites for hydroxylation is 1. The van der Waals surface area contributed by atoms with Gasteiger partial charge in [0.1, 0.15) is 5.82 Å². The average molecular weight is 268 g/mol. The minimum absolute atomic E-state index is 0.765. The highest BCUT2D eigenvalue weighted by Gasteiger charge is 2.00. The first-order valence-corrected chi connectivity index (χ1v) is 6.55. The van der Waals surface area contributed by atoms with E-state index in [2.05, 4.69) is 10.3 Å². The molecular formula is C12H14ClN3S. The van der Waals surface area contributed by atoms with E-state index in [1.54, 1.807) is 17.5 Å². The van der Waals surface area contributed by atoms with Crippen molar-refractivity contribution in [2.75, 3.05) is 17.6 Å². The van der Waals surface area contributed by atoms with E-state index in [1.165, 1.54) is 4.88 Å². The summed E-state index contributed by atoms with van der Waals surface area (Å²) in [4.78, 5) is 5.53. The van der Waals surface area contributed by atoms with E-state index < -0.39 is 0 Å². The number of nitrogens with one attached hydrogen (secondary N) is 1. The predicted octanol–water partition coefficient (Wildman–Crippen LogP) is 3.34. The van der Waals surface area contributed by atoms with Gasteiger partial charge in [-0.3, -0.25) is 0 Å². The zero-order chi connectivity index (χ0) is 12.3. The fourth-order valence-corrected chi connectivity index (χ4v) is 2.52. The topological polar surface area (TPSA) is 50.9 Å². The van der Waals surface area contributed by atoms with Gasteiger partial charge in [-0.2, -0.15) is 0 Å². The van der Waals surface area contributed by atoms with Crippen molar-refractivity contribution >= 4 is 34.4 Å². The summed E-state index contributed by atoms with van der Waals surface area (Å²) < 4.78 is 0.831. The lowest BCUT2D eigenvalue weighted by atomic mass is 10.2. The van der Waals surface area contributed by atoms with Crippen molar-refractivity contribution in [1.82, 2.24) is 4.98 Å². The van der Waals surface area contributed by atoms with Gasteiger partial charge in [0.05, 0.1) is 4.34 Å². The highest BCUT2D eigenvalue weighted by molar-refractivity contribution is 7.16. The van der Waals surface area contributed by atoms with Gasteiger partial charge in [-0.1, -0.05) is 11.6 Å². The van der Waals surface area contributed by atoms with Crippen molar-refractivity contribution in [3.8, 4) is 0 Å². The fourth-order valence-electron chi connectivity index (χ4n) is 1.44. The molecular weight excluding hydrogens is 254 g/mol. The summed E-state index contributed by atoms with van der Waals surface area (Å²) in [5, 5.41) is 3.24. The van der Waals surface area contributed by atoms with Crippen LogP contribution in [-0.2, 0) is 6.42 Å². The molecule has 0 fully saturated rings. The lowest BCUT2D eigenvalue weighted by Crippen LogP contribution is -2.06. The van der Waals surface area contributed by atoms with Gasteiger partial charge >= 0.3 is 0 Å². The van der Waals surface area contributed by atoms with Crippen LogP contribution in [-0.4, -0.2) is 11.5 Å². The van der Waals surface area contributed by atoms with E-state index in [0.29, 0.717) is 0 Å². The molecule has 2 aromatic heterocycles. The summed E-state index contributed by atoms with van der Waals surface area (Å²) in [7, 11) is 0. The van der Waals surface area contributed by atoms with Crippen molar-refractivity contribution in [1.29, 1.82) is 0 Å². The number of rotatable bonds is 4. The molecule has 5 heteroatoms. The molecule has 0 bridgehead atoms. The standard InChI is InChI=1S/C12H14ClN3S/c1-8-7-16-12(6-10(8)14)15-5-4-9-2-3-11(13)17-9/h2-3,6-7H,4-5H2,1H3,(H3,14,15,16). The average Bonchev–Trinajstić information content (AvgIpc) is 2.70. The van der Waals surface area contributed by atoms with Crippen LogP contribution in [0.15, 0.2) is 24.4 Å². The number of halogens is 1. The summed E-state index contributed by atoms with van der Waals surface area (Å²) in [6.07, 6.45) is 2.71. The molecule has 2 rings (SSSR count). The van der Waals surface area contributed by atoms with Crippen molar-refractivity contribution in [3.05, 3.63) is 39.2 Å². The lowest BCUT2D eigenvalue weighted by molar-refractivity contribution is 1.03.